The molecule has 13 heavy (non-hydrogen) atoms. The van der Waals surface area contributed by atoms with E-state index in [1.807, 2.05) is 6.92 Å². The topological polar surface area (TPSA) is 29.4 Å². The van der Waals surface area contributed by atoms with E-state index in [0.717, 1.165) is 5.56 Å². The first-order chi connectivity index (χ1) is 6.29. The van der Waals surface area contributed by atoms with Crippen LogP contribution in [0.5, 0.6) is 0 Å². The molecule has 0 atom stereocenters. The Bertz CT molecular complexity index is 343. The summed E-state index contributed by atoms with van der Waals surface area (Å²) < 4.78 is 13.1. The Morgan fingerprint density at radius 2 is 2.31 bits per heavy atom. The van der Waals surface area contributed by atoms with Crippen LogP contribution in [-0.4, -0.2) is 6.08 Å². The van der Waals surface area contributed by atoms with Gasteiger partial charge in [0, 0.05) is 0 Å². The number of aliphatic imine (C=N–C) groups is 1. The molecule has 0 N–H and O–H groups in total. The molecule has 0 bridgehead atoms. The van der Waals surface area contributed by atoms with E-state index in [-0.39, 0.29) is 12.4 Å². The molecule has 0 aliphatic heterocycles. The highest BCUT2D eigenvalue weighted by Gasteiger charge is 2.04. The van der Waals surface area contributed by atoms with Crippen LogP contribution >= 0.6 is 0 Å². The Morgan fingerprint density at radius 3 is 2.92 bits per heavy atom. The predicted molar refractivity (Wildman–Crippen MR) is 47.6 cm³/mol. The summed E-state index contributed by atoms with van der Waals surface area (Å²) in [6, 6.07) is 4.79. The molecular weight excluding hydrogens is 169 g/mol. The molecule has 0 aliphatic carbocycles. The van der Waals surface area contributed by atoms with E-state index in [2.05, 4.69) is 4.99 Å². The summed E-state index contributed by atoms with van der Waals surface area (Å²) in [6.07, 6.45) is 2.05. The minimum absolute atomic E-state index is 0.213. The van der Waals surface area contributed by atoms with Gasteiger partial charge in [0.1, 0.15) is 5.82 Å². The number of halogens is 1. The third kappa shape index (κ3) is 2.23. The lowest BCUT2D eigenvalue weighted by atomic mass is 10.0. The Labute approximate surface area is 76.1 Å². The summed E-state index contributed by atoms with van der Waals surface area (Å²) in [4.78, 5) is 13.3. The van der Waals surface area contributed by atoms with Gasteiger partial charge in [-0.25, -0.2) is 14.2 Å². The molecule has 0 saturated heterocycles. The van der Waals surface area contributed by atoms with E-state index in [1.54, 1.807) is 12.1 Å². The molecule has 0 saturated carbocycles. The van der Waals surface area contributed by atoms with E-state index in [9.17, 15) is 9.18 Å². The molecule has 0 radical (unpaired) electrons. The van der Waals surface area contributed by atoms with Gasteiger partial charge < -0.3 is 0 Å². The van der Waals surface area contributed by atoms with Crippen molar-refractivity contribution in [1.29, 1.82) is 0 Å². The molecule has 0 aliphatic rings. The zero-order valence-electron chi connectivity index (χ0n) is 7.38. The minimum atomic E-state index is -0.235. The lowest BCUT2D eigenvalue weighted by molar-refractivity contribution is 0.562. The summed E-state index contributed by atoms with van der Waals surface area (Å²) in [5, 5.41) is 0. The molecule has 1 aromatic carbocycles. The lowest BCUT2D eigenvalue weighted by Gasteiger charge is -2.04. The van der Waals surface area contributed by atoms with Crippen molar-refractivity contribution in [2.75, 3.05) is 0 Å². The van der Waals surface area contributed by atoms with Crippen LogP contribution in [0.4, 0.5) is 4.39 Å². The average molecular weight is 179 g/mol. The van der Waals surface area contributed by atoms with Crippen LogP contribution in [0.15, 0.2) is 23.2 Å². The number of hydrogen-bond donors (Lipinski definition) is 0. The van der Waals surface area contributed by atoms with E-state index < -0.39 is 0 Å². The predicted octanol–water partition coefficient (Wildman–Crippen LogP) is 2.22. The number of nitrogens with zero attached hydrogens (tertiary/aromatic N) is 1. The third-order valence-corrected chi connectivity index (χ3v) is 1.88. The van der Waals surface area contributed by atoms with Gasteiger partial charge in [-0.05, 0) is 23.6 Å². The van der Waals surface area contributed by atoms with E-state index in [4.69, 9.17) is 0 Å². The van der Waals surface area contributed by atoms with Crippen molar-refractivity contribution in [1.82, 2.24) is 0 Å². The van der Waals surface area contributed by atoms with Gasteiger partial charge >= 0.3 is 0 Å². The van der Waals surface area contributed by atoms with Crippen LogP contribution in [0.3, 0.4) is 0 Å². The quantitative estimate of drug-likeness (QED) is 0.516. The van der Waals surface area contributed by atoms with Crippen LogP contribution < -0.4 is 0 Å². The number of carbonyl (C=O) groups excluding carboxylic acids is 1. The van der Waals surface area contributed by atoms with Gasteiger partial charge in [-0.2, -0.15) is 0 Å². The molecule has 0 amide bonds. The van der Waals surface area contributed by atoms with Gasteiger partial charge in [0.25, 0.3) is 0 Å². The summed E-state index contributed by atoms with van der Waals surface area (Å²) in [7, 11) is 0. The first-order valence-corrected chi connectivity index (χ1v) is 4.09. The van der Waals surface area contributed by atoms with Gasteiger partial charge in [0.15, 0.2) is 0 Å². The molecule has 68 valence electrons. The van der Waals surface area contributed by atoms with Crippen LogP contribution in [0.25, 0.3) is 0 Å². The van der Waals surface area contributed by atoms with E-state index in [1.165, 1.54) is 12.1 Å². The van der Waals surface area contributed by atoms with Gasteiger partial charge in [-0.3, -0.25) is 0 Å². The maximum Gasteiger partial charge on any atom is 0.235 e. The molecule has 2 nitrogen and oxygen atoms in total. The second kappa shape index (κ2) is 4.53. The standard InChI is InChI=1S/C10H10FNO/c1-2-9-8(6-12-7-13)4-3-5-10(9)11/h3-5H,2,6H2,1H3. The van der Waals surface area contributed by atoms with Crippen molar-refractivity contribution in [3.8, 4) is 0 Å². The Morgan fingerprint density at radius 1 is 1.54 bits per heavy atom. The second-order valence-corrected chi connectivity index (χ2v) is 2.64. The summed E-state index contributed by atoms with van der Waals surface area (Å²) in [5.41, 5.74) is 1.38. The van der Waals surface area contributed by atoms with Crippen molar-refractivity contribution in [2.24, 2.45) is 4.99 Å². The summed E-state index contributed by atoms with van der Waals surface area (Å²) >= 11 is 0. The highest BCUT2D eigenvalue weighted by atomic mass is 19.1. The first kappa shape index (κ1) is 9.62. The van der Waals surface area contributed by atoms with Crippen molar-refractivity contribution in [3.63, 3.8) is 0 Å². The van der Waals surface area contributed by atoms with Crippen molar-refractivity contribution < 1.29 is 9.18 Å². The Balaban J connectivity index is 3.04. The minimum Gasteiger partial charge on any atom is -0.211 e. The first-order valence-electron chi connectivity index (χ1n) is 4.09. The van der Waals surface area contributed by atoms with E-state index >= 15 is 0 Å². The fourth-order valence-electron chi connectivity index (χ4n) is 1.26. The largest absolute Gasteiger partial charge is 0.235 e. The van der Waals surface area contributed by atoms with Gasteiger partial charge in [0.2, 0.25) is 6.08 Å². The number of benzene rings is 1. The highest BCUT2D eigenvalue weighted by Crippen LogP contribution is 2.14. The lowest BCUT2D eigenvalue weighted by Crippen LogP contribution is -1.95. The maximum atomic E-state index is 13.1. The second-order valence-electron chi connectivity index (χ2n) is 2.64. The molecule has 0 aromatic heterocycles. The molecule has 1 aromatic rings. The van der Waals surface area contributed by atoms with Crippen molar-refractivity contribution >= 4 is 6.08 Å². The smallest absolute Gasteiger partial charge is 0.211 e. The highest BCUT2D eigenvalue weighted by molar-refractivity contribution is 5.35. The fraction of sp³-hybridized carbons (Fsp3) is 0.300. The molecule has 1 rings (SSSR count). The summed E-state index contributed by atoms with van der Waals surface area (Å²) in [5.74, 6) is -0.235. The Hall–Kier alpha value is -1.47. The van der Waals surface area contributed by atoms with E-state index in [0.29, 0.717) is 12.0 Å². The maximum absolute atomic E-state index is 13.1. The SMILES string of the molecule is CCc1c(F)cccc1CN=C=O. The number of isocyanates is 1. The normalized spacial score (nSPS) is 9.38. The average Bonchev–Trinajstić information content (AvgIpc) is 2.15. The van der Waals surface area contributed by atoms with Gasteiger partial charge in [-0.15, -0.1) is 0 Å². The van der Waals surface area contributed by atoms with Crippen LogP contribution in [0.2, 0.25) is 0 Å². The zero-order chi connectivity index (χ0) is 9.68. The van der Waals surface area contributed by atoms with Gasteiger partial charge in [-0.1, -0.05) is 19.1 Å². The molecule has 0 unspecified atom stereocenters. The zero-order valence-corrected chi connectivity index (χ0v) is 7.38. The summed E-state index contributed by atoms with van der Waals surface area (Å²) in [6.45, 7) is 2.08. The van der Waals surface area contributed by atoms with Crippen LogP contribution in [0.1, 0.15) is 18.1 Å². The molecular formula is C10H10FNO. The molecule has 0 fully saturated rings. The Kier molecular flexibility index (Phi) is 3.35. The third-order valence-electron chi connectivity index (χ3n) is 1.88. The molecule has 0 heterocycles. The van der Waals surface area contributed by atoms with Crippen LogP contribution in [-0.2, 0) is 17.8 Å². The van der Waals surface area contributed by atoms with Gasteiger partial charge in [0.05, 0.1) is 6.54 Å². The number of hydrogen-bond acceptors (Lipinski definition) is 2. The molecule has 0 spiro atoms. The monoisotopic (exact) mass is 179 g/mol. The molecule has 3 heteroatoms. The van der Waals surface area contributed by atoms with Crippen molar-refractivity contribution in [3.05, 3.63) is 35.1 Å². The fourth-order valence-corrected chi connectivity index (χ4v) is 1.26. The van der Waals surface area contributed by atoms with Crippen molar-refractivity contribution in [2.45, 2.75) is 19.9 Å². The van der Waals surface area contributed by atoms with Crippen LogP contribution in [0, 0.1) is 5.82 Å². The number of rotatable bonds is 3.